The highest BCUT2D eigenvalue weighted by Crippen LogP contribution is 2.24. The predicted octanol–water partition coefficient (Wildman–Crippen LogP) is 4.19. The van der Waals surface area contributed by atoms with E-state index in [1.807, 2.05) is 25.1 Å². The Kier molecular flexibility index (Phi) is 6.92. The lowest BCUT2D eigenvalue weighted by Crippen LogP contribution is -2.37. The van der Waals surface area contributed by atoms with E-state index in [4.69, 9.17) is 12.2 Å². The van der Waals surface area contributed by atoms with Crippen LogP contribution in [0.3, 0.4) is 0 Å². The molecule has 0 amide bonds. The Bertz CT molecular complexity index is 829. The lowest BCUT2D eigenvalue weighted by atomic mass is 10.3. The van der Waals surface area contributed by atoms with E-state index in [0.717, 1.165) is 50.5 Å². The quantitative estimate of drug-likeness (QED) is 0.743. The van der Waals surface area contributed by atoms with Crippen molar-refractivity contribution in [2.24, 2.45) is 0 Å². The molecule has 0 bridgehead atoms. The van der Waals surface area contributed by atoms with Crippen LogP contribution in [0.4, 0.5) is 18.9 Å². The fourth-order valence-corrected chi connectivity index (χ4v) is 3.49. The maximum absolute atomic E-state index is 12.2. The van der Waals surface area contributed by atoms with E-state index in [1.165, 1.54) is 24.3 Å². The van der Waals surface area contributed by atoms with Gasteiger partial charge >= 0.3 is 6.36 Å². The van der Waals surface area contributed by atoms with Crippen molar-refractivity contribution in [3.8, 4) is 5.75 Å². The van der Waals surface area contributed by atoms with Gasteiger partial charge in [-0.2, -0.15) is 0 Å². The van der Waals surface area contributed by atoms with Crippen LogP contribution < -0.4 is 10.1 Å². The van der Waals surface area contributed by atoms with Crippen molar-refractivity contribution < 1.29 is 17.9 Å². The van der Waals surface area contributed by atoms with Crippen LogP contribution >= 0.6 is 12.2 Å². The van der Waals surface area contributed by atoms with Gasteiger partial charge in [0.2, 0.25) is 0 Å². The molecule has 156 valence electrons. The molecule has 0 radical (unpaired) electrons. The molecule has 0 spiro atoms. The molecule has 0 saturated carbocycles. The molecule has 2 heterocycles. The van der Waals surface area contributed by atoms with Gasteiger partial charge < -0.3 is 15.0 Å². The second-order valence-electron chi connectivity index (χ2n) is 6.89. The van der Waals surface area contributed by atoms with Gasteiger partial charge in [0.25, 0.3) is 0 Å². The average Bonchev–Trinajstić information content (AvgIpc) is 2.88. The fraction of sp³-hybridized carbons (Fsp3) is 0.400. The summed E-state index contributed by atoms with van der Waals surface area (Å²) >= 11 is 5.49. The highest BCUT2D eigenvalue weighted by Gasteiger charge is 2.31. The number of halogens is 3. The molecule has 2 aromatic rings. The predicted molar refractivity (Wildman–Crippen MR) is 110 cm³/mol. The first-order chi connectivity index (χ1) is 13.8. The number of hydrogen-bond acceptors (Lipinski definition) is 4. The molecule has 0 atom stereocenters. The summed E-state index contributed by atoms with van der Waals surface area (Å²) in [7, 11) is 0. The van der Waals surface area contributed by atoms with Gasteiger partial charge in [-0.25, -0.2) is 0 Å². The van der Waals surface area contributed by atoms with Crippen LogP contribution in [0.5, 0.6) is 5.75 Å². The number of benzene rings is 1. The van der Waals surface area contributed by atoms with Gasteiger partial charge in [-0.1, -0.05) is 6.07 Å². The Morgan fingerprint density at radius 1 is 1.10 bits per heavy atom. The van der Waals surface area contributed by atoms with Crippen LogP contribution in [0.15, 0.2) is 42.5 Å². The van der Waals surface area contributed by atoms with Gasteiger partial charge in [-0.05, 0) is 62.0 Å². The smallest absolute Gasteiger partial charge is 0.406 e. The molecule has 1 N–H and O–H groups in total. The van der Waals surface area contributed by atoms with Crippen LogP contribution in [0.2, 0.25) is 0 Å². The third kappa shape index (κ3) is 6.86. The second kappa shape index (κ2) is 9.41. The lowest BCUT2D eigenvalue weighted by Gasteiger charge is -2.24. The fourth-order valence-electron chi connectivity index (χ4n) is 3.19. The maximum atomic E-state index is 12.2. The molecule has 5 nitrogen and oxygen atoms in total. The van der Waals surface area contributed by atoms with Crippen molar-refractivity contribution in [3.05, 3.63) is 53.9 Å². The molecule has 0 aliphatic carbocycles. The zero-order valence-corrected chi connectivity index (χ0v) is 16.9. The second-order valence-corrected chi connectivity index (χ2v) is 7.28. The number of ether oxygens (including phenoxy) is 1. The number of aryl methyl sites for hydroxylation is 1. The molecule has 3 rings (SSSR count). The third-order valence-electron chi connectivity index (χ3n) is 4.55. The van der Waals surface area contributed by atoms with Crippen molar-refractivity contribution >= 4 is 23.0 Å². The minimum atomic E-state index is -4.70. The van der Waals surface area contributed by atoms with E-state index in [0.29, 0.717) is 10.8 Å². The van der Waals surface area contributed by atoms with Crippen molar-refractivity contribution in [2.75, 3.05) is 31.5 Å². The standard InChI is InChI=1S/C20H23F3N4OS/c1-15-4-2-5-17(24-15)14-26-10-3-11-27(13-12-26)19(29)25-16-6-8-18(9-7-16)28-20(21,22)23/h2,4-9H,3,10-14H2,1H3,(H,25,29). The largest absolute Gasteiger partial charge is 0.573 e. The SMILES string of the molecule is Cc1cccc(CN2CCCN(C(=S)Nc3ccc(OC(F)(F)F)cc3)CC2)n1. The maximum Gasteiger partial charge on any atom is 0.573 e. The Hall–Kier alpha value is -2.39. The van der Waals surface area contributed by atoms with Crippen molar-refractivity contribution in [1.29, 1.82) is 0 Å². The number of pyridine rings is 1. The normalized spacial score (nSPS) is 15.7. The summed E-state index contributed by atoms with van der Waals surface area (Å²) < 4.78 is 40.6. The number of hydrogen-bond donors (Lipinski definition) is 1. The van der Waals surface area contributed by atoms with Gasteiger partial charge in [0, 0.05) is 44.1 Å². The van der Waals surface area contributed by atoms with E-state index in [2.05, 4.69) is 24.8 Å². The van der Waals surface area contributed by atoms with Crippen molar-refractivity contribution in [1.82, 2.24) is 14.8 Å². The highest BCUT2D eigenvalue weighted by atomic mass is 32.1. The number of rotatable bonds is 4. The topological polar surface area (TPSA) is 40.6 Å². The van der Waals surface area contributed by atoms with Gasteiger partial charge in [0.15, 0.2) is 5.11 Å². The van der Waals surface area contributed by atoms with E-state index in [9.17, 15) is 13.2 Å². The molecule has 1 fully saturated rings. The number of aromatic nitrogens is 1. The number of nitrogens with zero attached hydrogens (tertiary/aromatic N) is 3. The zero-order chi connectivity index (χ0) is 20.9. The molecular weight excluding hydrogens is 401 g/mol. The Balaban J connectivity index is 1.51. The number of thiocarbonyl (C=S) groups is 1. The Labute approximate surface area is 173 Å². The van der Waals surface area contributed by atoms with Crippen molar-refractivity contribution in [3.63, 3.8) is 0 Å². The lowest BCUT2D eigenvalue weighted by molar-refractivity contribution is -0.274. The first-order valence-corrected chi connectivity index (χ1v) is 9.76. The van der Waals surface area contributed by atoms with E-state index in [-0.39, 0.29) is 5.75 Å². The molecule has 0 unspecified atom stereocenters. The van der Waals surface area contributed by atoms with Gasteiger partial charge in [0.05, 0.1) is 5.69 Å². The van der Waals surface area contributed by atoms with Crippen LogP contribution in [-0.2, 0) is 6.54 Å². The first-order valence-electron chi connectivity index (χ1n) is 9.35. The van der Waals surface area contributed by atoms with Gasteiger partial charge in [-0.15, -0.1) is 13.2 Å². The number of anilines is 1. The van der Waals surface area contributed by atoms with Crippen LogP contribution in [0, 0.1) is 6.92 Å². The van der Waals surface area contributed by atoms with Gasteiger partial charge in [0.1, 0.15) is 5.75 Å². The van der Waals surface area contributed by atoms with E-state index < -0.39 is 6.36 Å². The Morgan fingerprint density at radius 2 is 1.86 bits per heavy atom. The van der Waals surface area contributed by atoms with E-state index in [1.54, 1.807) is 0 Å². The number of nitrogens with one attached hydrogen (secondary N) is 1. The monoisotopic (exact) mass is 424 g/mol. The molecule has 1 aliphatic rings. The third-order valence-corrected chi connectivity index (χ3v) is 4.91. The minimum Gasteiger partial charge on any atom is -0.406 e. The summed E-state index contributed by atoms with van der Waals surface area (Å²) in [5.41, 5.74) is 2.69. The van der Waals surface area contributed by atoms with Crippen molar-refractivity contribution in [2.45, 2.75) is 26.3 Å². The molecule has 1 saturated heterocycles. The molecule has 1 aliphatic heterocycles. The average molecular weight is 424 g/mol. The molecule has 29 heavy (non-hydrogen) atoms. The van der Waals surface area contributed by atoms with E-state index >= 15 is 0 Å². The first kappa shape index (κ1) is 21.3. The molecule has 1 aromatic heterocycles. The molecule has 1 aromatic carbocycles. The summed E-state index contributed by atoms with van der Waals surface area (Å²) in [6.45, 7) is 6.19. The van der Waals surface area contributed by atoms with Crippen LogP contribution in [0.1, 0.15) is 17.8 Å². The summed E-state index contributed by atoms with van der Waals surface area (Å²) in [6.07, 6.45) is -3.73. The highest BCUT2D eigenvalue weighted by molar-refractivity contribution is 7.80. The number of alkyl halides is 3. The summed E-state index contributed by atoms with van der Waals surface area (Å²) in [5.74, 6) is -0.260. The summed E-state index contributed by atoms with van der Waals surface area (Å²) in [4.78, 5) is 9.00. The summed E-state index contributed by atoms with van der Waals surface area (Å²) in [6, 6.07) is 11.6. The Morgan fingerprint density at radius 3 is 2.55 bits per heavy atom. The minimum absolute atomic E-state index is 0.260. The van der Waals surface area contributed by atoms with Gasteiger partial charge in [-0.3, -0.25) is 9.88 Å². The van der Waals surface area contributed by atoms with Crippen LogP contribution in [0.25, 0.3) is 0 Å². The summed E-state index contributed by atoms with van der Waals surface area (Å²) in [5, 5.41) is 3.65. The molecule has 9 heteroatoms. The van der Waals surface area contributed by atoms with Crippen LogP contribution in [-0.4, -0.2) is 52.4 Å². The zero-order valence-electron chi connectivity index (χ0n) is 16.1. The molecular formula is C20H23F3N4OS.